The topological polar surface area (TPSA) is 71.1 Å². The summed E-state index contributed by atoms with van der Waals surface area (Å²) >= 11 is 0. The van der Waals surface area contributed by atoms with Crippen molar-refractivity contribution in [1.29, 1.82) is 0 Å². The van der Waals surface area contributed by atoms with Gasteiger partial charge in [0.15, 0.2) is 5.78 Å². The normalized spacial score (nSPS) is 14.4. The molecule has 6 heteroatoms. The number of aromatic nitrogens is 4. The molecule has 0 spiro atoms. The Labute approximate surface area is 357 Å². The second-order valence-electron chi connectivity index (χ2n) is 15.5. The zero-order valence-electron chi connectivity index (χ0n) is 33.4. The van der Waals surface area contributed by atoms with E-state index >= 15 is 0 Å². The number of carbonyl (C=O) groups excluding carboxylic acids is 1. The summed E-state index contributed by atoms with van der Waals surface area (Å²) in [6, 6.07) is 44.0. The zero-order chi connectivity index (χ0) is 39.3. The molecular weight excluding hydrogens is 774 g/mol. The Morgan fingerprint density at radius 1 is 0.492 bits per heavy atom. The Morgan fingerprint density at radius 2 is 0.898 bits per heavy atom. The molecule has 0 saturated heterocycles. The molecule has 280 valence electrons. The van der Waals surface area contributed by atoms with Gasteiger partial charge in [0.2, 0.25) is 0 Å². The van der Waals surface area contributed by atoms with Gasteiger partial charge in [0.1, 0.15) is 0 Å². The quantitative estimate of drug-likeness (QED) is 0.156. The smallest absolute Gasteiger partial charge is 0.657 e. The first-order chi connectivity index (χ1) is 28.4. The van der Waals surface area contributed by atoms with Crippen LogP contribution in [0.1, 0.15) is 57.0 Å². The van der Waals surface area contributed by atoms with Crippen molar-refractivity contribution < 1.29 is 24.3 Å². The van der Waals surface area contributed by atoms with Gasteiger partial charge in [-0.05, 0) is 102 Å². The van der Waals surface area contributed by atoms with E-state index in [0.29, 0.717) is 12.8 Å². The van der Waals surface area contributed by atoms with Gasteiger partial charge in [0, 0.05) is 11.5 Å². The van der Waals surface area contributed by atoms with Crippen molar-refractivity contribution >= 4 is 57.7 Å². The number of aryl methyl sites for hydroxylation is 3. The summed E-state index contributed by atoms with van der Waals surface area (Å²) in [4.78, 5) is 35.6. The Bertz CT molecular complexity index is 2980. The van der Waals surface area contributed by atoms with Crippen LogP contribution in [0.5, 0.6) is 0 Å². The first-order valence-corrected chi connectivity index (χ1v) is 19.9. The van der Waals surface area contributed by atoms with Gasteiger partial charge in [0.25, 0.3) is 0 Å². The Morgan fingerprint density at radius 3 is 1.37 bits per heavy atom. The van der Waals surface area contributed by atoms with Crippen molar-refractivity contribution in [3.05, 3.63) is 184 Å². The number of nitrogens with zero attached hydrogens (tertiary/aromatic N) is 4. The predicted octanol–water partition coefficient (Wildman–Crippen LogP) is 12.1. The van der Waals surface area contributed by atoms with Gasteiger partial charge in [-0.2, -0.15) is 0 Å². The van der Waals surface area contributed by atoms with E-state index in [4.69, 9.17) is 19.9 Å². The van der Waals surface area contributed by atoms with Gasteiger partial charge in [-0.25, -0.2) is 9.97 Å². The largest absolute Gasteiger partial charge is 2.00 e. The predicted molar refractivity (Wildman–Crippen MR) is 239 cm³/mol. The van der Waals surface area contributed by atoms with Crippen LogP contribution < -0.4 is 9.97 Å². The van der Waals surface area contributed by atoms with E-state index in [1.165, 1.54) is 16.7 Å². The second kappa shape index (κ2) is 15.7. The molecule has 1 unspecified atom stereocenters. The molecule has 0 amide bonds. The summed E-state index contributed by atoms with van der Waals surface area (Å²) in [6.45, 7) is 6.30. The van der Waals surface area contributed by atoms with Crippen molar-refractivity contribution in [3.63, 3.8) is 0 Å². The molecule has 7 aromatic rings. The number of ketones is 1. The van der Waals surface area contributed by atoms with Gasteiger partial charge in [-0.3, -0.25) is 4.79 Å². The molecule has 8 bridgehead atoms. The van der Waals surface area contributed by atoms with E-state index in [1.807, 2.05) is 30.3 Å². The molecule has 1 aliphatic carbocycles. The zero-order valence-corrected chi connectivity index (χ0v) is 36.4. The molecule has 5 heterocycles. The molecule has 0 radical (unpaired) electrons. The van der Waals surface area contributed by atoms with Gasteiger partial charge in [-0.1, -0.05) is 150 Å². The van der Waals surface area contributed by atoms with Crippen LogP contribution in [-0.4, -0.2) is 15.8 Å². The average Bonchev–Trinajstić information content (AvgIpc) is 4.10. The van der Waals surface area contributed by atoms with E-state index in [2.05, 4.69) is 148 Å². The summed E-state index contributed by atoms with van der Waals surface area (Å²) in [5.74, 6) is -0.0718. The fourth-order valence-electron chi connectivity index (χ4n) is 8.39. The number of allylic oxidation sites excluding steroid dienone is 2. The molecule has 10 rings (SSSR count). The van der Waals surface area contributed by atoms with Gasteiger partial charge >= 0.3 is 19.5 Å². The summed E-state index contributed by atoms with van der Waals surface area (Å²) in [5, 5.41) is 0. The molecule has 59 heavy (non-hydrogen) atoms. The monoisotopic (exact) mass is 812 g/mol. The number of rotatable bonds is 6. The van der Waals surface area contributed by atoms with Crippen LogP contribution in [0, 0.1) is 26.7 Å². The van der Waals surface area contributed by atoms with E-state index in [1.54, 1.807) is 0 Å². The average molecular weight is 814 g/mol. The number of fused-ring (bicyclic) bond motifs is 8. The summed E-state index contributed by atoms with van der Waals surface area (Å²) in [7, 11) is 0. The summed E-state index contributed by atoms with van der Waals surface area (Å²) in [5.41, 5.74) is 18.8. The standard InChI is InChI=1S/C53H40N4O.Zn/c1-32-9-15-36(16-10-32)50-44-25-23-42(54-44)41(31-39-21-22-40(53(39)58)35-7-5-4-6-8-35)43-24-26-45(55-43)51(37-17-11-33(2)12-18-37)47-28-30-49(57-47)52(48-29-27-46(50)56-48)38-19-13-34(3)14-20-38;/h4-20,22-30,39H,21,31H2,1-3H3;/q-2;+2. The Balaban J connectivity index is 0.00000449. The number of carbonyl (C=O) groups is 1. The summed E-state index contributed by atoms with van der Waals surface area (Å²) in [6.07, 6.45) is 11.6. The van der Waals surface area contributed by atoms with Gasteiger partial charge < -0.3 is 9.97 Å². The van der Waals surface area contributed by atoms with E-state index in [0.717, 1.165) is 94.9 Å². The number of Topliss-reactive ketones (excluding diaryl/α,β-unsaturated/α-hetero) is 1. The molecule has 2 aliphatic heterocycles. The van der Waals surface area contributed by atoms with Crippen LogP contribution in [-0.2, 0) is 30.7 Å². The number of hydrogen-bond donors (Lipinski definition) is 0. The van der Waals surface area contributed by atoms with Crippen molar-refractivity contribution in [3.8, 4) is 33.4 Å². The van der Waals surface area contributed by atoms with Crippen LogP contribution in [0.15, 0.2) is 133 Å². The van der Waals surface area contributed by atoms with E-state index in [9.17, 15) is 4.79 Å². The third kappa shape index (κ3) is 7.19. The SMILES string of the molecule is Cc1ccc(-c2c3nc(c(-c4ccc(C)cc4)c4ccc([n-]4)c(-c4ccc(C)cc4)c4nc(c(CC5CC=C(c6ccccc6)C5=O)c5ccc2[n-]5)C=C4)C=C3)cc1.[Zn+2]. The molecular formula is C53H40N4OZn. The van der Waals surface area contributed by atoms with E-state index < -0.39 is 0 Å². The second-order valence-corrected chi connectivity index (χ2v) is 15.5. The maximum Gasteiger partial charge on any atom is 2.00 e. The van der Waals surface area contributed by atoms with Crippen molar-refractivity contribution in [1.82, 2.24) is 19.9 Å². The molecule has 5 nitrogen and oxygen atoms in total. The molecule has 3 aliphatic rings. The molecule has 0 N–H and O–H groups in total. The first-order valence-electron chi connectivity index (χ1n) is 19.9. The van der Waals surface area contributed by atoms with Crippen molar-refractivity contribution in [2.75, 3.05) is 0 Å². The molecule has 0 saturated carbocycles. The Kier molecular flexibility index (Phi) is 10.1. The minimum absolute atomic E-state index is 0. The van der Waals surface area contributed by atoms with E-state index in [-0.39, 0.29) is 31.2 Å². The minimum Gasteiger partial charge on any atom is -0.657 e. The van der Waals surface area contributed by atoms with Crippen molar-refractivity contribution in [2.45, 2.75) is 33.6 Å². The van der Waals surface area contributed by atoms with Crippen molar-refractivity contribution in [2.24, 2.45) is 5.92 Å². The Hall–Kier alpha value is -6.49. The summed E-state index contributed by atoms with van der Waals surface area (Å²) < 4.78 is 0. The van der Waals surface area contributed by atoms with Gasteiger partial charge in [-0.15, -0.1) is 22.1 Å². The van der Waals surface area contributed by atoms with Crippen LogP contribution in [0.2, 0.25) is 0 Å². The van der Waals surface area contributed by atoms with Crippen LogP contribution in [0.4, 0.5) is 0 Å². The first kappa shape index (κ1) is 38.1. The molecule has 4 aromatic carbocycles. The maximum absolute atomic E-state index is 14.1. The van der Waals surface area contributed by atoms with Crippen LogP contribution >= 0.6 is 0 Å². The van der Waals surface area contributed by atoms with Gasteiger partial charge in [0.05, 0.1) is 22.8 Å². The van der Waals surface area contributed by atoms with Crippen LogP contribution in [0.25, 0.3) is 85.3 Å². The molecule has 3 aromatic heterocycles. The minimum atomic E-state index is -0.230. The third-order valence-corrected chi connectivity index (χ3v) is 11.5. The maximum atomic E-state index is 14.1. The molecule has 1 atom stereocenters. The fraction of sp³-hybridized carbons (Fsp3) is 0.113. The van der Waals surface area contributed by atoms with Crippen LogP contribution in [0.3, 0.4) is 0 Å². The number of hydrogen-bond acceptors (Lipinski definition) is 3. The number of benzene rings is 4. The fourth-order valence-corrected chi connectivity index (χ4v) is 8.39. The third-order valence-electron chi connectivity index (χ3n) is 11.5. The molecule has 0 fully saturated rings.